The topological polar surface area (TPSA) is 69.6 Å². The van der Waals surface area contributed by atoms with Crippen LogP contribution in [0.15, 0.2) is 30.6 Å². The van der Waals surface area contributed by atoms with Gasteiger partial charge in [0.15, 0.2) is 11.6 Å². The number of likely N-dealkylation sites (N-methyl/N-ethyl adjacent to an activating group) is 1. The largest absolute Gasteiger partial charge is 0.350 e. The molecule has 0 bridgehead atoms. The molecule has 0 N–H and O–H groups in total. The van der Waals surface area contributed by atoms with Crippen LogP contribution in [0.2, 0.25) is 0 Å². The van der Waals surface area contributed by atoms with Gasteiger partial charge in [-0.2, -0.15) is 0 Å². The van der Waals surface area contributed by atoms with Gasteiger partial charge in [-0.25, -0.2) is 18.7 Å². The van der Waals surface area contributed by atoms with Gasteiger partial charge in [-0.05, 0) is 24.3 Å². The molecule has 2 aliphatic heterocycles. The molecule has 0 aliphatic carbocycles. The van der Waals surface area contributed by atoms with Crippen LogP contribution >= 0.6 is 0 Å². The fraction of sp³-hybridized carbons (Fsp3) is 0.400. The van der Waals surface area contributed by atoms with E-state index >= 15 is 0 Å². The molecular weight excluding hydrogens is 380 g/mol. The van der Waals surface area contributed by atoms with Crippen molar-refractivity contribution in [3.05, 3.63) is 42.2 Å². The lowest BCUT2D eigenvalue weighted by Crippen LogP contribution is -2.61. The average molecular weight is 401 g/mol. The number of rotatable bonds is 4. The number of anilines is 1. The van der Waals surface area contributed by atoms with Gasteiger partial charge >= 0.3 is 0 Å². The molecule has 0 saturated carbocycles. The summed E-state index contributed by atoms with van der Waals surface area (Å²) in [5, 5.41) is 0. The quantitative estimate of drug-likeness (QED) is 0.778. The van der Waals surface area contributed by atoms with E-state index in [0.717, 1.165) is 0 Å². The van der Waals surface area contributed by atoms with E-state index in [9.17, 15) is 18.4 Å². The summed E-state index contributed by atoms with van der Waals surface area (Å²) in [6.07, 6.45) is 1.51. The molecule has 1 aromatic carbocycles. The van der Waals surface area contributed by atoms with Crippen LogP contribution in [0, 0.1) is 17.6 Å². The monoisotopic (exact) mass is 401 g/mol. The van der Waals surface area contributed by atoms with E-state index in [4.69, 9.17) is 0 Å². The van der Waals surface area contributed by atoms with Crippen molar-refractivity contribution in [3.63, 3.8) is 0 Å². The standard InChI is InChI=1S/C20H21F2N5O2/c1-25-8-13(7-16(25)28)20(29)26(2)15-9-27(10-15)19-17(22)18(23-11-24-19)12-3-5-14(21)6-4-12/h3-6,11,13,15H,7-10H2,1-2H3. The molecule has 1 aromatic heterocycles. The number of amides is 2. The first-order valence-electron chi connectivity index (χ1n) is 9.37. The fourth-order valence-corrected chi connectivity index (χ4v) is 3.76. The number of carbonyl (C=O) groups excluding carboxylic acids is 2. The predicted molar refractivity (Wildman–Crippen MR) is 102 cm³/mol. The van der Waals surface area contributed by atoms with Gasteiger partial charge in [-0.3, -0.25) is 9.59 Å². The van der Waals surface area contributed by atoms with Crippen molar-refractivity contribution in [1.82, 2.24) is 19.8 Å². The first-order valence-corrected chi connectivity index (χ1v) is 9.37. The highest BCUT2D eigenvalue weighted by Gasteiger charge is 2.40. The van der Waals surface area contributed by atoms with Crippen molar-refractivity contribution in [2.24, 2.45) is 5.92 Å². The van der Waals surface area contributed by atoms with Crippen LogP contribution in [-0.4, -0.2) is 71.4 Å². The first-order chi connectivity index (χ1) is 13.8. The lowest BCUT2D eigenvalue weighted by Gasteiger charge is -2.45. The van der Waals surface area contributed by atoms with E-state index in [-0.39, 0.29) is 41.7 Å². The molecule has 0 radical (unpaired) electrons. The Morgan fingerprint density at radius 1 is 1.14 bits per heavy atom. The summed E-state index contributed by atoms with van der Waals surface area (Å²) in [6.45, 7) is 1.31. The van der Waals surface area contributed by atoms with Gasteiger partial charge in [0.1, 0.15) is 17.8 Å². The van der Waals surface area contributed by atoms with Crippen molar-refractivity contribution >= 4 is 17.6 Å². The molecule has 7 nitrogen and oxygen atoms in total. The Bertz CT molecular complexity index is 946. The van der Waals surface area contributed by atoms with Crippen LogP contribution in [0.4, 0.5) is 14.6 Å². The molecule has 2 amide bonds. The summed E-state index contributed by atoms with van der Waals surface area (Å²) in [6, 6.07) is 5.36. The van der Waals surface area contributed by atoms with E-state index in [1.165, 1.54) is 30.6 Å². The Morgan fingerprint density at radius 3 is 2.45 bits per heavy atom. The maximum Gasteiger partial charge on any atom is 0.228 e. The third-order valence-corrected chi connectivity index (χ3v) is 5.64. The van der Waals surface area contributed by atoms with Gasteiger partial charge in [-0.1, -0.05) is 0 Å². The second kappa shape index (κ2) is 7.38. The number of halogens is 2. The summed E-state index contributed by atoms with van der Waals surface area (Å²) >= 11 is 0. The molecule has 2 aliphatic rings. The maximum atomic E-state index is 15.0. The summed E-state index contributed by atoms with van der Waals surface area (Å²) in [4.78, 5) is 37.3. The number of hydrogen-bond acceptors (Lipinski definition) is 5. The van der Waals surface area contributed by atoms with Crippen molar-refractivity contribution in [2.75, 3.05) is 38.6 Å². The highest BCUT2D eigenvalue weighted by atomic mass is 19.1. The lowest BCUT2D eigenvalue weighted by molar-refractivity contribution is -0.137. The Hall–Kier alpha value is -3.10. The molecule has 3 heterocycles. The van der Waals surface area contributed by atoms with Crippen LogP contribution < -0.4 is 4.90 Å². The molecule has 0 spiro atoms. The van der Waals surface area contributed by atoms with Crippen LogP contribution in [-0.2, 0) is 9.59 Å². The van der Waals surface area contributed by atoms with E-state index in [1.807, 2.05) is 0 Å². The van der Waals surface area contributed by atoms with E-state index < -0.39 is 11.6 Å². The van der Waals surface area contributed by atoms with Crippen LogP contribution in [0.5, 0.6) is 0 Å². The predicted octanol–water partition coefficient (Wildman–Crippen LogP) is 1.55. The molecule has 29 heavy (non-hydrogen) atoms. The number of aromatic nitrogens is 2. The number of benzene rings is 1. The average Bonchev–Trinajstić information content (AvgIpc) is 3.00. The molecular formula is C20H21F2N5O2. The lowest BCUT2D eigenvalue weighted by atomic mass is 10.0. The summed E-state index contributed by atoms with van der Waals surface area (Å²) in [5.41, 5.74) is 0.572. The molecule has 9 heteroatoms. The Balaban J connectivity index is 1.43. The van der Waals surface area contributed by atoms with Crippen LogP contribution in [0.25, 0.3) is 11.3 Å². The van der Waals surface area contributed by atoms with Gasteiger partial charge in [0.05, 0.1) is 12.0 Å². The van der Waals surface area contributed by atoms with E-state index in [0.29, 0.717) is 25.2 Å². The number of hydrogen-bond donors (Lipinski definition) is 0. The number of carbonyl (C=O) groups is 2. The number of likely N-dealkylation sites (tertiary alicyclic amines) is 1. The Kier molecular flexibility index (Phi) is 4.89. The van der Waals surface area contributed by atoms with Crippen molar-refractivity contribution in [3.8, 4) is 11.3 Å². The summed E-state index contributed by atoms with van der Waals surface area (Å²) < 4.78 is 28.1. The number of nitrogens with zero attached hydrogens (tertiary/aromatic N) is 5. The SMILES string of the molecule is CN1CC(C(=O)N(C)C2CN(c3ncnc(-c4ccc(F)cc4)c3F)C2)CC1=O. The van der Waals surface area contributed by atoms with E-state index in [1.54, 1.807) is 28.8 Å². The normalized spacial score (nSPS) is 19.4. The van der Waals surface area contributed by atoms with Crippen molar-refractivity contribution < 1.29 is 18.4 Å². The van der Waals surface area contributed by atoms with E-state index in [2.05, 4.69) is 9.97 Å². The van der Waals surface area contributed by atoms with Crippen molar-refractivity contribution in [2.45, 2.75) is 12.5 Å². The minimum absolute atomic E-state index is 0.0247. The third kappa shape index (κ3) is 3.52. The zero-order valence-corrected chi connectivity index (χ0v) is 16.2. The second-order valence-electron chi connectivity index (χ2n) is 7.55. The van der Waals surface area contributed by atoms with Gasteiger partial charge in [0.2, 0.25) is 11.8 Å². The minimum atomic E-state index is -0.574. The molecule has 2 fully saturated rings. The zero-order valence-electron chi connectivity index (χ0n) is 16.2. The highest BCUT2D eigenvalue weighted by molar-refractivity contribution is 5.89. The molecule has 1 atom stereocenters. The summed E-state index contributed by atoms with van der Waals surface area (Å²) in [7, 11) is 3.41. The molecule has 1 unspecified atom stereocenters. The summed E-state index contributed by atoms with van der Waals surface area (Å²) in [5.74, 6) is -1.24. The van der Waals surface area contributed by atoms with Gasteiger partial charge in [0.25, 0.3) is 0 Å². The maximum absolute atomic E-state index is 15.0. The Morgan fingerprint density at radius 2 is 1.83 bits per heavy atom. The van der Waals surface area contributed by atoms with Gasteiger partial charge in [0, 0.05) is 45.7 Å². The zero-order chi connectivity index (χ0) is 20.7. The fourth-order valence-electron chi connectivity index (χ4n) is 3.76. The first kappa shape index (κ1) is 19.2. The van der Waals surface area contributed by atoms with Crippen molar-refractivity contribution in [1.29, 1.82) is 0 Å². The Labute approximate surface area is 166 Å². The van der Waals surface area contributed by atoms with Gasteiger partial charge < -0.3 is 14.7 Å². The molecule has 4 rings (SSSR count). The minimum Gasteiger partial charge on any atom is -0.350 e. The molecule has 2 saturated heterocycles. The third-order valence-electron chi connectivity index (χ3n) is 5.64. The highest BCUT2D eigenvalue weighted by Crippen LogP contribution is 2.30. The second-order valence-corrected chi connectivity index (χ2v) is 7.55. The smallest absolute Gasteiger partial charge is 0.228 e. The van der Waals surface area contributed by atoms with Gasteiger partial charge in [-0.15, -0.1) is 0 Å². The van der Waals surface area contributed by atoms with Crippen LogP contribution in [0.1, 0.15) is 6.42 Å². The van der Waals surface area contributed by atoms with Crippen LogP contribution in [0.3, 0.4) is 0 Å². The molecule has 152 valence electrons. The molecule has 2 aromatic rings.